The number of benzene rings is 1. The molecule has 132 valence electrons. The number of allylic oxidation sites excluding steroid dienone is 3. The Labute approximate surface area is 155 Å². The topological polar surface area (TPSA) is 26.3 Å². The van der Waals surface area contributed by atoms with Gasteiger partial charge in [-0.15, -0.1) is 0 Å². The molecule has 1 aliphatic carbocycles. The summed E-state index contributed by atoms with van der Waals surface area (Å²) in [5.41, 5.74) is 3.68. The highest BCUT2D eigenvalue weighted by Gasteiger charge is 2.35. The van der Waals surface area contributed by atoms with Gasteiger partial charge in [0.15, 0.2) is 0 Å². The second kappa shape index (κ2) is 6.49. The van der Waals surface area contributed by atoms with Crippen LogP contribution in [0.3, 0.4) is 0 Å². The number of cyclic esters (lactones) is 1. The zero-order valence-corrected chi connectivity index (χ0v) is 16.1. The first-order valence-corrected chi connectivity index (χ1v) is 9.20. The third-order valence-corrected chi connectivity index (χ3v) is 5.49. The molecule has 1 atom stereocenters. The largest absolute Gasteiger partial charge is 0.447 e. The lowest BCUT2D eigenvalue weighted by Gasteiger charge is -2.33. The number of carbonyl (C=O) groups is 1. The Bertz CT molecular complexity index is 781. The number of esters is 1. The van der Waals surface area contributed by atoms with Crippen LogP contribution in [0, 0.1) is 5.41 Å². The number of hydrogen-bond donors (Lipinski definition) is 0. The van der Waals surface area contributed by atoms with E-state index in [1.807, 2.05) is 31.2 Å². The van der Waals surface area contributed by atoms with Crippen molar-refractivity contribution in [1.82, 2.24) is 0 Å². The molecule has 0 spiro atoms. The average molecular weight is 357 g/mol. The molecule has 1 heterocycles. The predicted molar refractivity (Wildman–Crippen MR) is 103 cm³/mol. The quantitative estimate of drug-likeness (QED) is 0.609. The van der Waals surface area contributed by atoms with Gasteiger partial charge >= 0.3 is 5.97 Å². The summed E-state index contributed by atoms with van der Waals surface area (Å²) in [4.78, 5) is 12.3. The lowest BCUT2D eigenvalue weighted by atomic mass is 9.72. The van der Waals surface area contributed by atoms with Crippen molar-refractivity contribution in [3.63, 3.8) is 0 Å². The molecule has 3 rings (SSSR count). The molecule has 0 amide bonds. The summed E-state index contributed by atoms with van der Waals surface area (Å²) < 4.78 is 5.67. The lowest BCUT2D eigenvalue weighted by Crippen LogP contribution is -2.23. The zero-order valence-electron chi connectivity index (χ0n) is 15.4. The Kier molecular flexibility index (Phi) is 4.68. The van der Waals surface area contributed by atoms with Gasteiger partial charge in [0, 0.05) is 5.02 Å². The van der Waals surface area contributed by atoms with Crippen LogP contribution in [0.1, 0.15) is 52.5 Å². The minimum atomic E-state index is -0.715. The van der Waals surface area contributed by atoms with Crippen LogP contribution in [-0.4, -0.2) is 11.6 Å². The van der Waals surface area contributed by atoms with E-state index in [0.29, 0.717) is 10.6 Å². The Hall–Kier alpha value is -1.80. The molecule has 2 aliphatic rings. The molecule has 3 heteroatoms. The van der Waals surface area contributed by atoms with E-state index in [0.717, 1.165) is 12.0 Å². The van der Waals surface area contributed by atoms with Crippen molar-refractivity contribution in [1.29, 1.82) is 0 Å². The fourth-order valence-corrected chi connectivity index (χ4v) is 3.93. The average Bonchev–Trinajstić information content (AvgIpc) is 2.82. The van der Waals surface area contributed by atoms with E-state index in [4.69, 9.17) is 16.3 Å². The molecule has 0 aromatic heterocycles. The van der Waals surface area contributed by atoms with E-state index in [9.17, 15) is 4.79 Å². The van der Waals surface area contributed by atoms with Crippen molar-refractivity contribution in [2.24, 2.45) is 5.41 Å². The standard InChI is InChI=1S/C22H25ClO2/c1-15-6-5-12-21(2,3)19(15)11-13-22(4)14-18(20(24)25-22)16-7-9-17(23)10-8-16/h7-11,13-14H,5-6,12H2,1-4H3/b13-11+. The first kappa shape index (κ1) is 18.0. The van der Waals surface area contributed by atoms with Gasteiger partial charge in [0.05, 0.1) is 5.57 Å². The molecule has 1 aliphatic heterocycles. The third-order valence-electron chi connectivity index (χ3n) is 5.24. The van der Waals surface area contributed by atoms with Crippen molar-refractivity contribution < 1.29 is 9.53 Å². The van der Waals surface area contributed by atoms with Crippen LogP contribution in [0.2, 0.25) is 5.02 Å². The number of halogens is 1. The molecule has 25 heavy (non-hydrogen) atoms. The molecule has 1 aromatic carbocycles. The van der Waals surface area contributed by atoms with Crippen molar-refractivity contribution in [2.75, 3.05) is 0 Å². The maximum absolute atomic E-state index is 12.3. The smallest absolute Gasteiger partial charge is 0.339 e. The third kappa shape index (κ3) is 3.74. The van der Waals surface area contributed by atoms with Gasteiger partial charge in [-0.25, -0.2) is 4.79 Å². The Morgan fingerprint density at radius 1 is 1.16 bits per heavy atom. The normalized spacial score (nSPS) is 26.1. The van der Waals surface area contributed by atoms with E-state index >= 15 is 0 Å². The van der Waals surface area contributed by atoms with Crippen LogP contribution in [0.15, 0.2) is 53.6 Å². The van der Waals surface area contributed by atoms with Crippen LogP contribution < -0.4 is 0 Å². The molecule has 0 N–H and O–H groups in total. The predicted octanol–water partition coefficient (Wildman–Crippen LogP) is 6.12. The van der Waals surface area contributed by atoms with E-state index in [2.05, 4.69) is 26.8 Å². The number of rotatable bonds is 3. The highest BCUT2D eigenvalue weighted by molar-refractivity contribution is 6.30. The SMILES string of the molecule is CC1=C(/C=C/C2(C)C=C(c3ccc(Cl)cc3)C(=O)O2)C(C)(C)CCC1. The minimum absolute atomic E-state index is 0.167. The summed E-state index contributed by atoms with van der Waals surface area (Å²) in [6, 6.07) is 7.27. The Morgan fingerprint density at radius 3 is 2.48 bits per heavy atom. The summed E-state index contributed by atoms with van der Waals surface area (Å²) in [5, 5.41) is 0.653. The lowest BCUT2D eigenvalue weighted by molar-refractivity contribution is -0.140. The number of hydrogen-bond acceptors (Lipinski definition) is 2. The minimum Gasteiger partial charge on any atom is -0.447 e. The first-order chi connectivity index (χ1) is 11.7. The molecule has 1 unspecified atom stereocenters. The first-order valence-electron chi connectivity index (χ1n) is 8.82. The van der Waals surface area contributed by atoms with Crippen molar-refractivity contribution in [2.45, 2.75) is 52.6 Å². The molecule has 0 radical (unpaired) electrons. The summed E-state index contributed by atoms with van der Waals surface area (Å²) in [5.74, 6) is -0.289. The molecule has 1 aromatic rings. The monoisotopic (exact) mass is 356 g/mol. The molecular formula is C22H25ClO2. The Balaban J connectivity index is 1.90. The summed E-state index contributed by atoms with van der Waals surface area (Å²) >= 11 is 5.93. The molecule has 0 saturated carbocycles. The fraction of sp³-hybridized carbons (Fsp3) is 0.409. The summed E-state index contributed by atoms with van der Waals surface area (Å²) in [7, 11) is 0. The Morgan fingerprint density at radius 2 is 1.84 bits per heavy atom. The maximum Gasteiger partial charge on any atom is 0.339 e. The van der Waals surface area contributed by atoms with Gasteiger partial charge in [-0.1, -0.05) is 49.2 Å². The van der Waals surface area contributed by atoms with E-state index < -0.39 is 5.60 Å². The zero-order chi connectivity index (χ0) is 18.2. The highest BCUT2D eigenvalue weighted by atomic mass is 35.5. The van der Waals surface area contributed by atoms with E-state index in [1.54, 1.807) is 12.1 Å². The van der Waals surface area contributed by atoms with Crippen molar-refractivity contribution >= 4 is 23.1 Å². The van der Waals surface area contributed by atoms with Crippen molar-refractivity contribution in [3.8, 4) is 0 Å². The van der Waals surface area contributed by atoms with Gasteiger partial charge in [0.25, 0.3) is 0 Å². The summed E-state index contributed by atoms with van der Waals surface area (Å²) in [6.45, 7) is 8.70. The molecular weight excluding hydrogens is 332 g/mol. The summed E-state index contributed by atoms with van der Waals surface area (Å²) in [6.07, 6.45) is 9.64. The van der Waals surface area contributed by atoms with E-state index in [1.165, 1.54) is 24.0 Å². The maximum atomic E-state index is 12.3. The van der Waals surface area contributed by atoms with Crippen LogP contribution in [-0.2, 0) is 9.53 Å². The van der Waals surface area contributed by atoms with E-state index in [-0.39, 0.29) is 11.4 Å². The number of ether oxygens (including phenoxy) is 1. The fourth-order valence-electron chi connectivity index (χ4n) is 3.80. The molecule has 0 saturated heterocycles. The van der Waals surface area contributed by atoms with Gasteiger partial charge in [-0.2, -0.15) is 0 Å². The highest BCUT2D eigenvalue weighted by Crippen LogP contribution is 2.41. The van der Waals surface area contributed by atoms with Crippen LogP contribution >= 0.6 is 11.6 Å². The van der Waals surface area contributed by atoms with Gasteiger partial charge in [0.1, 0.15) is 5.60 Å². The second-order valence-electron chi connectivity index (χ2n) is 7.90. The van der Waals surface area contributed by atoms with Gasteiger partial charge < -0.3 is 4.74 Å². The van der Waals surface area contributed by atoms with Crippen LogP contribution in [0.5, 0.6) is 0 Å². The molecule has 0 fully saturated rings. The number of carbonyl (C=O) groups excluding carboxylic acids is 1. The van der Waals surface area contributed by atoms with Gasteiger partial charge in [-0.05, 0) is 73.9 Å². The van der Waals surface area contributed by atoms with Gasteiger partial charge in [-0.3, -0.25) is 0 Å². The van der Waals surface area contributed by atoms with Crippen molar-refractivity contribution in [3.05, 3.63) is 64.2 Å². The van der Waals surface area contributed by atoms with Gasteiger partial charge in [0.2, 0.25) is 0 Å². The van der Waals surface area contributed by atoms with Crippen LogP contribution in [0.4, 0.5) is 0 Å². The molecule has 2 nitrogen and oxygen atoms in total. The van der Waals surface area contributed by atoms with Crippen LogP contribution in [0.25, 0.3) is 5.57 Å². The molecule has 0 bridgehead atoms. The second-order valence-corrected chi connectivity index (χ2v) is 8.34.